The number of carboxylic acid groups (broad SMARTS) is 1. The van der Waals surface area contributed by atoms with Crippen molar-refractivity contribution >= 4 is 35.0 Å². The molecule has 0 saturated heterocycles. The number of alkyl halides is 2. The predicted octanol–water partition coefficient (Wildman–Crippen LogP) is 4.91. The second kappa shape index (κ2) is 6.70. The third kappa shape index (κ3) is 3.31. The summed E-state index contributed by atoms with van der Waals surface area (Å²) in [7, 11) is 0. The van der Waals surface area contributed by atoms with Crippen LogP contribution < -0.4 is 10.5 Å². The lowest BCUT2D eigenvalue weighted by molar-refractivity contribution is 0.142. The molecular formula is C13H6Cl2F4N2O3. The Bertz CT molecular complexity index is 834. The molecule has 2 aromatic rings. The molecule has 2 rings (SSSR count). The van der Waals surface area contributed by atoms with Crippen molar-refractivity contribution in [2.45, 2.75) is 6.43 Å². The molecule has 3 N–H and O–H groups in total. The summed E-state index contributed by atoms with van der Waals surface area (Å²) in [5, 5.41) is 7.34. The van der Waals surface area contributed by atoms with Gasteiger partial charge in [-0.25, -0.2) is 27.3 Å². The van der Waals surface area contributed by atoms with E-state index in [0.29, 0.717) is 6.07 Å². The fourth-order valence-electron chi connectivity index (χ4n) is 1.84. The molecule has 0 spiro atoms. The van der Waals surface area contributed by atoms with Gasteiger partial charge in [0.15, 0.2) is 0 Å². The zero-order valence-corrected chi connectivity index (χ0v) is 12.8. The Balaban J connectivity index is 2.75. The van der Waals surface area contributed by atoms with E-state index in [1.807, 2.05) is 0 Å². The van der Waals surface area contributed by atoms with Crippen LogP contribution in [-0.2, 0) is 0 Å². The third-order valence-corrected chi connectivity index (χ3v) is 3.51. The number of hydrogen-bond acceptors (Lipinski definition) is 4. The monoisotopic (exact) mass is 384 g/mol. The Morgan fingerprint density at radius 1 is 1.29 bits per heavy atom. The van der Waals surface area contributed by atoms with E-state index in [4.69, 9.17) is 34.0 Å². The first-order chi connectivity index (χ1) is 11.1. The van der Waals surface area contributed by atoms with E-state index in [2.05, 4.69) is 9.72 Å². The van der Waals surface area contributed by atoms with Gasteiger partial charge in [0.25, 0.3) is 6.43 Å². The van der Waals surface area contributed by atoms with Gasteiger partial charge in [0.1, 0.15) is 16.7 Å². The van der Waals surface area contributed by atoms with Crippen molar-refractivity contribution in [2.75, 3.05) is 5.73 Å². The Labute approximate surface area is 141 Å². The number of carbonyl (C=O) groups is 1. The maximum absolute atomic E-state index is 14.3. The molecule has 0 atom stereocenters. The molecule has 1 heterocycles. The molecule has 11 heteroatoms. The van der Waals surface area contributed by atoms with Gasteiger partial charge in [-0.05, 0) is 12.1 Å². The molecule has 24 heavy (non-hydrogen) atoms. The number of nitrogens with two attached hydrogens (primary N) is 1. The second-order valence-corrected chi connectivity index (χ2v) is 5.11. The van der Waals surface area contributed by atoms with Crippen LogP contribution in [0.4, 0.5) is 28.0 Å². The highest BCUT2D eigenvalue weighted by atomic mass is 35.5. The van der Waals surface area contributed by atoms with E-state index >= 15 is 0 Å². The predicted molar refractivity (Wildman–Crippen MR) is 77.6 cm³/mol. The first-order valence-electron chi connectivity index (χ1n) is 5.96. The molecule has 128 valence electrons. The lowest BCUT2D eigenvalue weighted by Crippen LogP contribution is -2.08. The van der Waals surface area contributed by atoms with Crippen molar-refractivity contribution in [1.29, 1.82) is 0 Å². The normalized spacial score (nSPS) is 11.0. The minimum atomic E-state index is -3.32. The summed E-state index contributed by atoms with van der Waals surface area (Å²) in [6.45, 7) is 0. The quantitative estimate of drug-likeness (QED) is 0.579. The first-order valence-corrected chi connectivity index (χ1v) is 6.71. The minimum absolute atomic E-state index is 0.328. The summed E-state index contributed by atoms with van der Waals surface area (Å²) in [4.78, 5) is 14.1. The summed E-state index contributed by atoms with van der Waals surface area (Å²) < 4.78 is 58.3. The number of ether oxygens (including phenoxy) is 1. The van der Waals surface area contributed by atoms with Crippen molar-refractivity contribution in [1.82, 2.24) is 4.98 Å². The average molecular weight is 385 g/mol. The van der Waals surface area contributed by atoms with Gasteiger partial charge in [0.05, 0.1) is 27.5 Å². The largest absolute Gasteiger partial charge is 0.512 e. The highest BCUT2D eigenvalue weighted by Gasteiger charge is 2.27. The summed E-state index contributed by atoms with van der Waals surface area (Å²) in [6.07, 6.45) is -5.14. The van der Waals surface area contributed by atoms with Gasteiger partial charge >= 0.3 is 6.16 Å². The second-order valence-electron chi connectivity index (χ2n) is 4.33. The number of halogens is 6. The topological polar surface area (TPSA) is 85.4 Å². The number of aromatic nitrogens is 1. The summed E-state index contributed by atoms with van der Waals surface area (Å²) >= 11 is 11.1. The van der Waals surface area contributed by atoms with Crippen molar-refractivity contribution in [3.05, 3.63) is 39.4 Å². The molecular weight excluding hydrogens is 379 g/mol. The smallest absolute Gasteiger partial charge is 0.449 e. The molecule has 1 aromatic carbocycles. The zero-order chi connectivity index (χ0) is 18.2. The molecule has 0 aliphatic carbocycles. The van der Waals surface area contributed by atoms with Crippen LogP contribution in [0.2, 0.25) is 10.0 Å². The van der Waals surface area contributed by atoms with E-state index in [1.165, 1.54) is 0 Å². The van der Waals surface area contributed by atoms with Crippen LogP contribution in [0.5, 0.6) is 5.88 Å². The molecule has 0 unspecified atom stereocenters. The molecule has 0 saturated carbocycles. The number of nitrogen functional groups attached to an aromatic ring is 1. The number of rotatable bonds is 3. The van der Waals surface area contributed by atoms with E-state index < -0.39 is 57.0 Å². The Hall–Kier alpha value is -2.26. The summed E-state index contributed by atoms with van der Waals surface area (Å²) in [5.41, 5.74) is 2.36. The highest BCUT2D eigenvalue weighted by Crippen LogP contribution is 2.39. The van der Waals surface area contributed by atoms with Gasteiger partial charge in [0, 0.05) is 0 Å². The standard InChI is InChI=1S/C13H6Cl2F4N2O3/c14-3-1-4(16)8(10(17)7(3)11(18)19)6-2-5(20)9(15)12(21-6)24-13(22)23/h1-2,11H,(H2,20,21)(H,22,23). The molecule has 0 fully saturated rings. The van der Waals surface area contributed by atoms with E-state index in [0.717, 1.165) is 6.07 Å². The molecule has 0 aliphatic heterocycles. The molecule has 0 radical (unpaired) electrons. The van der Waals surface area contributed by atoms with Crippen molar-refractivity contribution in [2.24, 2.45) is 0 Å². The summed E-state index contributed by atoms with van der Waals surface area (Å²) in [6, 6.07) is 1.35. The fraction of sp³-hybridized carbons (Fsp3) is 0.0769. The Kier molecular flexibility index (Phi) is 5.05. The SMILES string of the molecule is Nc1cc(-c2c(F)cc(Cl)c(C(F)F)c2F)nc(OC(=O)O)c1Cl. The zero-order valence-electron chi connectivity index (χ0n) is 11.3. The van der Waals surface area contributed by atoms with Crippen LogP contribution in [0.1, 0.15) is 12.0 Å². The van der Waals surface area contributed by atoms with Crippen LogP contribution in [0.25, 0.3) is 11.3 Å². The van der Waals surface area contributed by atoms with Crippen LogP contribution in [0.3, 0.4) is 0 Å². The number of pyridine rings is 1. The van der Waals surface area contributed by atoms with E-state index in [-0.39, 0.29) is 5.69 Å². The maximum Gasteiger partial charge on any atom is 0.512 e. The van der Waals surface area contributed by atoms with Crippen LogP contribution >= 0.6 is 23.2 Å². The average Bonchev–Trinajstić information content (AvgIpc) is 2.42. The number of anilines is 1. The van der Waals surface area contributed by atoms with Crippen molar-refractivity contribution in [3.63, 3.8) is 0 Å². The molecule has 0 aliphatic rings. The third-order valence-electron chi connectivity index (χ3n) is 2.82. The van der Waals surface area contributed by atoms with Gasteiger partial charge in [-0.2, -0.15) is 0 Å². The van der Waals surface area contributed by atoms with E-state index in [1.54, 1.807) is 0 Å². The van der Waals surface area contributed by atoms with E-state index in [9.17, 15) is 22.4 Å². The lowest BCUT2D eigenvalue weighted by Gasteiger charge is -2.13. The highest BCUT2D eigenvalue weighted by molar-refractivity contribution is 6.34. The molecule has 5 nitrogen and oxygen atoms in total. The molecule has 1 aromatic heterocycles. The number of nitrogens with zero attached hydrogens (tertiary/aromatic N) is 1. The van der Waals surface area contributed by atoms with Gasteiger partial charge in [-0.15, -0.1) is 0 Å². The Morgan fingerprint density at radius 2 is 1.92 bits per heavy atom. The number of benzene rings is 1. The van der Waals surface area contributed by atoms with Gasteiger partial charge < -0.3 is 15.6 Å². The number of hydrogen-bond donors (Lipinski definition) is 2. The van der Waals surface area contributed by atoms with Gasteiger partial charge in [-0.1, -0.05) is 23.2 Å². The van der Waals surface area contributed by atoms with Gasteiger partial charge in [-0.3, -0.25) is 0 Å². The van der Waals surface area contributed by atoms with Crippen LogP contribution in [0.15, 0.2) is 12.1 Å². The Morgan fingerprint density at radius 3 is 2.46 bits per heavy atom. The maximum atomic E-state index is 14.3. The van der Waals surface area contributed by atoms with Crippen LogP contribution in [0, 0.1) is 11.6 Å². The lowest BCUT2D eigenvalue weighted by atomic mass is 10.0. The molecule has 0 amide bonds. The summed E-state index contributed by atoms with van der Waals surface area (Å²) in [5.74, 6) is -3.73. The van der Waals surface area contributed by atoms with Crippen LogP contribution in [-0.4, -0.2) is 16.2 Å². The first kappa shape index (κ1) is 18.1. The van der Waals surface area contributed by atoms with Gasteiger partial charge in [0.2, 0.25) is 5.88 Å². The van der Waals surface area contributed by atoms with Crippen molar-refractivity contribution < 1.29 is 32.2 Å². The molecule has 0 bridgehead atoms. The minimum Gasteiger partial charge on any atom is -0.449 e. The fourth-order valence-corrected chi connectivity index (χ4v) is 2.24. The van der Waals surface area contributed by atoms with Crippen molar-refractivity contribution in [3.8, 4) is 17.1 Å².